The Hall–Kier alpha value is -2.46. The highest BCUT2D eigenvalue weighted by atomic mass is 32.2. The molecule has 34 heavy (non-hydrogen) atoms. The van der Waals surface area contributed by atoms with Crippen molar-refractivity contribution in [2.24, 2.45) is 4.99 Å². The second-order valence-electron chi connectivity index (χ2n) is 8.07. The van der Waals surface area contributed by atoms with Crippen LogP contribution < -0.4 is 9.54 Å². The van der Waals surface area contributed by atoms with Crippen molar-refractivity contribution in [2.75, 3.05) is 26.8 Å². The number of hydrogen-bond acceptors (Lipinski definition) is 6. The van der Waals surface area contributed by atoms with Gasteiger partial charge in [-0.2, -0.15) is 4.31 Å². The molecule has 9 heteroatoms. The molecule has 0 bridgehead atoms. The molecule has 4 rings (SSSR count). The number of hydrogen-bond donors (Lipinski definition) is 0. The lowest BCUT2D eigenvalue weighted by Crippen LogP contribution is -2.30. The minimum atomic E-state index is -3.49. The van der Waals surface area contributed by atoms with E-state index in [1.807, 2.05) is 50.2 Å². The Labute approximate surface area is 205 Å². The van der Waals surface area contributed by atoms with E-state index < -0.39 is 10.0 Å². The lowest BCUT2D eigenvalue weighted by atomic mass is 10.1. The number of ether oxygens (including phenoxy) is 2. The van der Waals surface area contributed by atoms with Crippen molar-refractivity contribution in [3.05, 3.63) is 58.7 Å². The highest BCUT2D eigenvalue weighted by Gasteiger charge is 2.22. The van der Waals surface area contributed by atoms with Crippen molar-refractivity contribution in [1.82, 2.24) is 8.87 Å². The second-order valence-corrected chi connectivity index (χ2v) is 10.8. The molecular formula is C25H31N3O4S2. The maximum atomic E-state index is 12.9. The zero-order valence-electron chi connectivity index (χ0n) is 19.8. The summed E-state index contributed by atoms with van der Waals surface area (Å²) >= 11 is 1.56. The third-order valence-corrected chi connectivity index (χ3v) is 8.93. The van der Waals surface area contributed by atoms with Crippen molar-refractivity contribution < 1.29 is 17.9 Å². The van der Waals surface area contributed by atoms with Crippen LogP contribution in [0.5, 0.6) is 5.75 Å². The van der Waals surface area contributed by atoms with Gasteiger partial charge in [0.15, 0.2) is 4.80 Å². The van der Waals surface area contributed by atoms with Crippen LogP contribution in [0.25, 0.3) is 11.3 Å². The molecule has 3 aromatic rings. The second kappa shape index (κ2) is 10.9. The third kappa shape index (κ3) is 5.27. The van der Waals surface area contributed by atoms with E-state index in [2.05, 4.69) is 9.95 Å². The van der Waals surface area contributed by atoms with E-state index in [0.717, 1.165) is 46.9 Å². The predicted octanol–water partition coefficient (Wildman–Crippen LogP) is 4.67. The number of rotatable bonds is 9. The van der Waals surface area contributed by atoms with Gasteiger partial charge in [0.1, 0.15) is 5.75 Å². The smallest absolute Gasteiger partial charge is 0.243 e. The number of methoxy groups -OCH3 is 1. The number of sulfonamides is 1. The molecule has 2 heterocycles. The summed E-state index contributed by atoms with van der Waals surface area (Å²) in [4.78, 5) is 6.05. The van der Waals surface area contributed by atoms with E-state index in [-0.39, 0.29) is 6.10 Å². The van der Waals surface area contributed by atoms with Crippen LogP contribution in [-0.2, 0) is 21.3 Å². The van der Waals surface area contributed by atoms with Gasteiger partial charge in [0.25, 0.3) is 0 Å². The average Bonchev–Trinajstić information content (AvgIpc) is 3.51. The van der Waals surface area contributed by atoms with E-state index >= 15 is 0 Å². The largest absolute Gasteiger partial charge is 0.497 e. The first-order chi connectivity index (χ1) is 16.5. The Morgan fingerprint density at radius 2 is 1.82 bits per heavy atom. The van der Waals surface area contributed by atoms with Crippen molar-refractivity contribution in [1.29, 1.82) is 0 Å². The Morgan fingerprint density at radius 1 is 1.12 bits per heavy atom. The molecule has 182 valence electrons. The molecule has 1 aromatic heterocycles. The normalized spacial score (nSPS) is 16.9. The Bertz CT molecular complexity index is 1250. The summed E-state index contributed by atoms with van der Waals surface area (Å²) in [6.45, 7) is 6.08. The standard InChI is InChI=1S/C25H31N3O4S2/c1-4-27(5-2)34(29,30)23-14-8-19(9-15-23)24-18-33-25(28(24)17-22-7-6-16-32-22)26-20-10-12-21(31-3)13-11-20/h8-15,18,22H,4-7,16-17H2,1-3H3. The van der Waals surface area contributed by atoms with Crippen LogP contribution in [0.1, 0.15) is 26.7 Å². The molecule has 0 radical (unpaired) electrons. The van der Waals surface area contributed by atoms with Crippen LogP contribution in [0.15, 0.2) is 63.8 Å². The van der Waals surface area contributed by atoms with Crippen LogP contribution >= 0.6 is 11.3 Å². The minimum absolute atomic E-state index is 0.144. The van der Waals surface area contributed by atoms with Crippen LogP contribution in [0.2, 0.25) is 0 Å². The summed E-state index contributed by atoms with van der Waals surface area (Å²) in [5, 5.41) is 2.07. The SMILES string of the molecule is CCN(CC)S(=O)(=O)c1ccc(-c2csc(=Nc3ccc(OC)cc3)n2CC2CCCO2)cc1. The van der Waals surface area contributed by atoms with Gasteiger partial charge in [0.2, 0.25) is 10.0 Å². The third-order valence-electron chi connectivity index (χ3n) is 6.00. The number of nitrogens with zero attached hydrogens (tertiary/aromatic N) is 3. The van der Waals surface area contributed by atoms with Gasteiger partial charge in [-0.15, -0.1) is 11.3 Å². The fourth-order valence-electron chi connectivity index (χ4n) is 4.10. The zero-order chi connectivity index (χ0) is 24.1. The van der Waals surface area contributed by atoms with Gasteiger partial charge in [-0.1, -0.05) is 26.0 Å². The summed E-state index contributed by atoms with van der Waals surface area (Å²) < 4.78 is 40.6. The first kappa shape index (κ1) is 24.7. The molecular weight excluding hydrogens is 470 g/mol. The average molecular weight is 502 g/mol. The molecule has 1 aliphatic rings. The Morgan fingerprint density at radius 3 is 2.41 bits per heavy atom. The van der Waals surface area contributed by atoms with Crippen LogP contribution in [-0.4, -0.2) is 50.2 Å². The molecule has 1 saturated heterocycles. The lowest BCUT2D eigenvalue weighted by Gasteiger charge is -2.18. The summed E-state index contributed by atoms with van der Waals surface area (Å²) in [7, 11) is -1.85. The van der Waals surface area contributed by atoms with Gasteiger partial charge >= 0.3 is 0 Å². The predicted molar refractivity (Wildman–Crippen MR) is 135 cm³/mol. The Balaban J connectivity index is 1.71. The molecule has 0 spiro atoms. The molecule has 0 aliphatic carbocycles. The molecule has 0 N–H and O–H groups in total. The van der Waals surface area contributed by atoms with Crippen molar-refractivity contribution in [2.45, 2.75) is 44.2 Å². The topological polar surface area (TPSA) is 73.1 Å². The highest BCUT2D eigenvalue weighted by Crippen LogP contribution is 2.26. The van der Waals surface area contributed by atoms with E-state index in [1.54, 1.807) is 30.6 Å². The first-order valence-corrected chi connectivity index (χ1v) is 13.9. The Kier molecular flexibility index (Phi) is 7.88. The molecule has 1 fully saturated rings. The van der Waals surface area contributed by atoms with Gasteiger partial charge < -0.3 is 14.0 Å². The summed E-state index contributed by atoms with van der Waals surface area (Å²) in [5.41, 5.74) is 2.79. The molecule has 2 aromatic carbocycles. The number of benzene rings is 2. The molecule has 7 nitrogen and oxygen atoms in total. The number of thiazole rings is 1. The van der Waals surface area contributed by atoms with Gasteiger partial charge in [0, 0.05) is 25.1 Å². The van der Waals surface area contributed by atoms with Crippen LogP contribution in [0, 0.1) is 0 Å². The van der Waals surface area contributed by atoms with E-state index in [1.165, 1.54) is 4.31 Å². The molecule has 1 atom stereocenters. The number of aromatic nitrogens is 1. The van der Waals surface area contributed by atoms with Crippen molar-refractivity contribution >= 4 is 27.0 Å². The highest BCUT2D eigenvalue weighted by molar-refractivity contribution is 7.89. The van der Waals surface area contributed by atoms with E-state index in [0.29, 0.717) is 24.5 Å². The van der Waals surface area contributed by atoms with Crippen molar-refractivity contribution in [3.63, 3.8) is 0 Å². The van der Waals surface area contributed by atoms with Crippen LogP contribution in [0.3, 0.4) is 0 Å². The molecule has 1 unspecified atom stereocenters. The monoisotopic (exact) mass is 501 g/mol. The fourth-order valence-corrected chi connectivity index (χ4v) is 6.49. The molecule has 0 saturated carbocycles. The maximum absolute atomic E-state index is 12.9. The summed E-state index contributed by atoms with van der Waals surface area (Å²) in [5.74, 6) is 0.790. The lowest BCUT2D eigenvalue weighted by molar-refractivity contribution is 0.0968. The quantitative estimate of drug-likeness (QED) is 0.427. The summed E-state index contributed by atoms with van der Waals surface area (Å²) in [6.07, 6.45) is 2.23. The molecule has 1 aliphatic heterocycles. The fraction of sp³-hybridized carbons (Fsp3) is 0.400. The summed E-state index contributed by atoms with van der Waals surface area (Å²) in [6, 6.07) is 14.8. The maximum Gasteiger partial charge on any atom is 0.243 e. The minimum Gasteiger partial charge on any atom is -0.497 e. The van der Waals surface area contributed by atoms with Gasteiger partial charge in [-0.3, -0.25) is 0 Å². The van der Waals surface area contributed by atoms with Gasteiger partial charge in [-0.25, -0.2) is 13.4 Å². The van der Waals surface area contributed by atoms with E-state index in [4.69, 9.17) is 14.5 Å². The van der Waals surface area contributed by atoms with Gasteiger partial charge in [-0.05, 0) is 54.8 Å². The zero-order valence-corrected chi connectivity index (χ0v) is 21.4. The van der Waals surface area contributed by atoms with Gasteiger partial charge in [0.05, 0.1) is 36.0 Å². The molecule has 0 amide bonds. The first-order valence-electron chi connectivity index (χ1n) is 11.6. The van der Waals surface area contributed by atoms with E-state index in [9.17, 15) is 8.42 Å². The van der Waals surface area contributed by atoms with Crippen molar-refractivity contribution in [3.8, 4) is 17.0 Å². The van der Waals surface area contributed by atoms with Crippen LogP contribution in [0.4, 0.5) is 5.69 Å².